The second kappa shape index (κ2) is 6.24. The molecule has 3 rings (SSSR count). The van der Waals surface area contributed by atoms with E-state index in [9.17, 15) is 15.8 Å². The maximum atomic E-state index is 10.1. The number of rotatable bonds is 3. The van der Waals surface area contributed by atoms with Crippen LogP contribution in [0.2, 0.25) is 5.02 Å². The SMILES string of the molecule is CC(C)CC1OC2(c3ccc(Cl)cc3)OC(=N)C(C#N)(C2C)C1(C#N)C#N. The first-order chi connectivity index (χ1) is 12.7. The predicted octanol–water partition coefficient (Wildman–Crippen LogP) is 4.12. The number of nitrogens with one attached hydrogen (secondary N) is 1. The van der Waals surface area contributed by atoms with E-state index in [2.05, 4.69) is 6.07 Å². The van der Waals surface area contributed by atoms with Crippen LogP contribution in [0.15, 0.2) is 24.3 Å². The molecule has 2 bridgehead atoms. The number of hydrogen-bond donors (Lipinski definition) is 1. The highest BCUT2D eigenvalue weighted by molar-refractivity contribution is 6.30. The summed E-state index contributed by atoms with van der Waals surface area (Å²) in [6, 6.07) is 13.0. The van der Waals surface area contributed by atoms with Crippen LogP contribution in [0.5, 0.6) is 0 Å². The van der Waals surface area contributed by atoms with Gasteiger partial charge in [0.15, 0.2) is 10.8 Å². The molecule has 2 saturated heterocycles. The molecule has 0 aliphatic carbocycles. The van der Waals surface area contributed by atoms with Gasteiger partial charge in [0.2, 0.25) is 11.7 Å². The first-order valence-electron chi connectivity index (χ1n) is 8.69. The van der Waals surface area contributed by atoms with Gasteiger partial charge in [-0.25, -0.2) is 0 Å². The minimum absolute atomic E-state index is 0.107. The molecule has 0 spiro atoms. The van der Waals surface area contributed by atoms with Gasteiger partial charge in [0.05, 0.1) is 30.2 Å². The lowest BCUT2D eigenvalue weighted by atomic mass is 9.53. The van der Waals surface area contributed by atoms with Crippen LogP contribution in [0.4, 0.5) is 0 Å². The van der Waals surface area contributed by atoms with E-state index in [-0.39, 0.29) is 5.92 Å². The van der Waals surface area contributed by atoms with Gasteiger partial charge in [-0.3, -0.25) is 5.41 Å². The van der Waals surface area contributed by atoms with Crippen LogP contribution in [-0.2, 0) is 15.3 Å². The molecule has 27 heavy (non-hydrogen) atoms. The minimum Gasteiger partial charge on any atom is -0.443 e. The molecule has 0 saturated carbocycles. The number of hydrogen-bond acceptors (Lipinski definition) is 6. The van der Waals surface area contributed by atoms with Crippen molar-refractivity contribution in [3.63, 3.8) is 0 Å². The second-order valence-electron chi connectivity index (χ2n) is 7.51. The molecule has 4 atom stereocenters. The number of fused-ring (bicyclic) bond motifs is 2. The summed E-state index contributed by atoms with van der Waals surface area (Å²) in [5, 5.41) is 39.1. The highest BCUT2D eigenvalue weighted by atomic mass is 35.5. The summed E-state index contributed by atoms with van der Waals surface area (Å²) in [5.74, 6) is -2.46. The topological polar surface area (TPSA) is 114 Å². The first-order valence-corrected chi connectivity index (χ1v) is 9.07. The maximum Gasteiger partial charge on any atom is 0.243 e. The minimum atomic E-state index is -1.84. The Morgan fingerprint density at radius 3 is 2.22 bits per heavy atom. The third-order valence-electron chi connectivity index (χ3n) is 5.71. The van der Waals surface area contributed by atoms with E-state index in [1.165, 1.54) is 0 Å². The molecule has 6 nitrogen and oxygen atoms in total. The zero-order chi connectivity index (χ0) is 20.0. The largest absolute Gasteiger partial charge is 0.443 e. The Kier molecular flexibility index (Phi) is 4.43. The molecule has 4 unspecified atom stereocenters. The average Bonchev–Trinajstić information content (AvgIpc) is 2.79. The van der Waals surface area contributed by atoms with Crippen LogP contribution >= 0.6 is 11.6 Å². The fourth-order valence-electron chi connectivity index (χ4n) is 4.30. The lowest BCUT2D eigenvalue weighted by Gasteiger charge is -2.49. The number of ether oxygens (including phenoxy) is 2. The van der Waals surface area contributed by atoms with E-state index in [1.807, 2.05) is 26.0 Å². The van der Waals surface area contributed by atoms with Crippen molar-refractivity contribution in [3.05, 3.63) is 34.9 Å². The summed E-state index contributed by atoms with van der Waals surface area (Å²) in [7, 11) is 0. The van der Waals surface area contributed by atoms with Crippen molar-refractivity contribution in [1.29, 1.82) is 21.2 Å². The summed E-state index contributed by atoms with van der Waals surface area (Å²) >= 11 is 5.99. The predicted molar refractivity (Wildman–Crippen MR) is 97.1 cm³/mol. The Hall–Kier alpha value is -2.59. The van der Waals surface area contributed by atoms with Crippen molar-refractivity contribution in [2.75, 3.05) is 0 Å². The number of nitriles is 3. The Bertz CT molecular complexity index is 894. The Morgan fingerprint density at radius 1 is 1.15 bits per heavy atom. The highest BCUT2D eigenvalue weighted by Crippen LogP contribution is 2.66. The molecule has 0 aromatic heterocycles. The molecule has 1 N–H and O–H groups in total. The second-order valence-corrected chi connectivity index (χ2v) is 7.95. The average molecular weight is 383 g/mol. The van der Waals surface area contributed by atoms with Crippen LogP contribution < -0.4 is 0 Å². The molecule has 2 aliphatic rings. The van der Waals surface area contributed by atoms with E-state index in [0.29, 0.717) is 17.0 Å². The van der Waals surface area contributed by atoms with Gasteiger partial charge in [-0.1, -0.05) is 44.5 Å². The molecule has 7 heteroatoms. The summed E-state index contributed by atoms with van der Waals surface area (Å²) < 4.78 is 12.2. The third-order valence-corrected chi connectivity index (χ3v) is 5.97. The van der Waals surface area contributed by atoms with Gasteiger partial charge in [-0.05, 0) is 24.5 Å². The van der Waals surface area contributed by atoms with E-state index < -0.39 is 34.5 Å². The first kappa shape index (κ1) is 19.2. The van der Waals surface area contributed by atoms with Crippen LogP contribution in [0.1, 0.15) is 32.8 Å². The fourth-order valence-corrected chi connectivity index (χ4v) is 4.42. The molecule has 1 aromatic carbocycles. The van der Waals surface area contributed by atoms with Crippen molar-refractivity contribution in [3.8, 4) is 18.2 Å². The smallest absolute Gasteiger partial charge is 0.243 e. The number of benzene rings is 1. The molecule has 0 radical (unpaired) electrons. The molecule has 2 heterocycles. The van der Waals surface area contributed by atoms with Gasteiger partial charge >= 0.3 is 0 Å². The lowest BCUT2D eigenvalue weighted by Crippen LogP contribution is -2.61. The van der Waals surface area contributed by atoms with E-state index in [1.54, 1.807) is 31.2 Å². The van der Waals surface area contributed by atoms with Gasteiger partial charge in [0.1, 0.15) is 0 Å². The molecule has 2 fully saturated rings. The van der Waals surface area contributed by atoms with Crippen LogP contribution in [0.3, 0.4) is 0 Å². The zero-order valence-electron chi connectivity index (χ0n) is 15.3. The molecular formula is C20H19ClN4O2. The Balaban J connectivity index is 2.29. The molecule has 2 aliphatic heterocycles. The van der Waals surface area contributed by atoms with Crippen LogP contribution in [-0.4, -0.2) is 12.0 Å². The monoisotopic (exact) mass is 382 g/mol. The fraction of sp³-hybridized carbons (Fsp3) is 0.500. The van der Waals surface area contributed by atoms with Gasteiger partial charge in [0.25, 0.3) is 0 Å². The van der Waals surface area contributed by atoms with Crippen molar-refractivity contribution < 1.29 is 9.47 Å². The van der Waals surface area contributed by atoms with Crippen molar-refractivity contribution >= 4 is 17.5 Å². The molecular weight excluding hydrogens is 364 g/mol. The van der Waals surface area contributed by atoms with Crippen molar-refractivity contribution in [2.24, 2.45) is 22.7 Å². The van der Waals surface area contributed by atoms with E-state index in [0.717, 1.165) is 0 Å². The summed E-state index contributed by atoms with van der Waals surface area (Å²) in [6.45, 7) is 5.58. The lowest BCUT2D eigenvalue weighted by molar-refractivity contribution is -0.288. The van der Waals surface area contributed by atoms with Crippen molar-refractivity contribution in [1.82, 2.24) is 0 Å². The highest BCUT2D eigenvalue weighted by Gasteiger charge is 2.79. The van der Waals surface area contributed by atoms with E-state index in [4.69, 9.17) is 26.5 Å². The molecule has 1 aromatic rings. The van der Waals surface area contributed by atoms with Gasteiger partial charge in [-0.2, -0.15) is 15.8 Å². The van der Waals surface area contributed by atoms with Gasteiger partial charge < -0.3 is 9.47 Å². The molecule has 0 amide bonds. The number of halogens is 1. The van der Waals surface area contributed by atoms with Crippen LogP contribution in [0.25, 0.3) is 0 Å². The standard InChI is InChI=1S/C20H19ClN4O2/c1-12(2)8-16-18(9-22,10-23)19(11-24)13(3)20(26-16,27-17(19)25)14-4-6-15(21)7-5-14/h4-7,12-13,16,25H,8H2,1-3H3. The third kappa shape index (κ3) is 2.23. The quantitative estimate of drug-likeness (QED) is 0.844. The summed E-state index contributed by atoms with van der Waals surface area (Å²) in [4.78, 5) is 0. The Morgan fingerprint density at radius 2 is 1.74 bits per heavy atom. The van der Waals surface area contributed by atoms with Gasteiger partial charge in [0, 0.05) is 10.6 Å². The Labute approximate surface area is 163 Å². The summed E-state index contributed by atoms with van der Waals surface area (Å²) in [5.41, 5.74) is -2.97. The van der Waals surface area contributed by atoms with E-state index >= 15 is 0 Å². The zero-order valence-corrected chi connectivity index (χ0v) is 16.0. The molecule has 138 valence electrons. The maximum absolute atomic E-state index is 10.1. The van der Waals surface area contributed by atoms with Gasteiger partial charge in [-0.15, -0.1) is 0 Å². The van der Waals surface area contributed by atoms with Crippen molar-refractivity contribution in [2.45, 2.75) is 39.1 Å². The van der Waals surface area contributed by atoms with Crippen LogP contribution in [0, 0.1) is 62.1 Å². The normalized spacial score (nSPS) is 33.6. The summed E-state index contributed by atoms with van der Waals surface area (Å²) in [6.07, 6.45) is -0.509. The number of nitrogens with zero attached hydrogens (tertiary/aromatic N) is 3.